The molecule has 1 unspecified atom stereocenters. The zero-order chi connectivity index (χ0) is 27.6. The summed E-state index contributed by atoms with van der Waals surface area (Å²) in [7, 11) is 1.56. The molecule has 4 rings (SSSR count). The average molecular weight is 514 g/mol. The second-order valence-electron chi connectivity index (χ2n) is 9.81. The molecule has 1 aliphatic heterocycles. The Labute approximate surface area is 222 Å². The van der Waals surface area contributed by atoms with Crippen LogP contribution in [0.25, 0.3) is 5.76 Å². The van der Waals surface area contributed by atoms with Crippen LogP contribution in [0.4, 0.5) is 5.69 Å². The third kappa shape index (κ3) is 5.18. The van der Waals surface area contributed by atoms with E-state index in [9.17, 15) is 19.5 Å². The molecule has 0 aromatic heterocycles. The van der Waals surface area contributed by atoms with Gasteiger partial charge < -0.3 is 14.6 Å². The maximum Gasteiger partial charge on any atom is 0.338 e. The van der Waals surface area contributed by atoms with Gasteiger partial charge in [-0.3, -0.25) is 14.5 Å². The van der Waals surface area contributed by atoms with Gasteiger partial charge in [-0.1, -0.05) is 43.7 Å². The molecule has 1 fully saturated rings. The van der Waals surface area contributed by atoms with Crippen LogP contribution in [0.1, 0.15) is 52.5 Å². The molecule has 1 amide bonds. The van der Waals surface area contributed by atoms with Gasteiger partial charge in [-0.25, -0.2) is 4.79 Å². The van der Waals surface area contributed by atoms with E-state index in [4.69, 9.17) is 9.47 Å². The van der Waals surface area contributed by atoms with Crippen LogP contribution in [0.5, 0.6) is 5.75 Å². The molecule has 7 heteroatoms. The standard InChI is InChI=1S/C31H31NO6/c1-18(2)17-38-31(36)21-9-12-24(13-10-21)32-27(22-8-6-7-19(3)15-22)26(29(34)30(32)35)28(33)23-11-14-25(37-5)20(4)16-23/h6-16,18,27,33H,17H2,1-5H3/b28-26-. The predicted molar refractivity (Wildman–Crippen MR) is 145 cm³/mol. The molecule has 1 saturated heterocycles. The van der Waals surface area contributed by atoms with E-state index in [0.717, 1.165) is 11.1 Å². The molecule has 1 heterocycles. The number of hydrogen-bond donors (Lipinski definition) is 1. The number of ether oxygens (including phenoxy) is 2. The van der Waals surface area contributed by atoms with Crippen molar-refractivity contribution in [2.24, 2.45) is 5.92 Å². The number of anilines is 1. The minimum atomic E-state index is -0.865. The summed E-state index contributed by atoms with van der Waals surface area (Å²) in [4.78, 5) is 40.6. The maximum absolute atomic E-state index is 13.4. The molecule has 1 atom stereocenters. The van der Waals surface area contributed by atoms with Crippen molar-refractivity contribution in [3.8, 4) is 5.75 Å². The number of aryl methyl sites for hydroxylation is 2. The Morgan fingerprint density at radius 2 is 1.66 bits per heavy atom. The molecule has 0 spiro atoms. The van der Waals surface area contributed by atoms with Crippen molar-refractivity contribution in [2.75, 3.05) is 18.6 Å². The smallest absolute Gasteiger partial charge is 0.338 e. The lowest BCUT2D eigenvalue weighted by Crippen LogP contribution is -2.29. The molecule has 0 aliphatic carbocycles. The summed E-state index contributed by atoms with van der Waals surface area (Å²) >= 11 is 0. The van der Waals surface area contributed by atoms with Gasteiger partial charge in [-0.15, -0.1) is 0 Å². The lowest BCUT2D eigenvalue weighted by molar-refractivity contribution is -0.132. The van der Waals surface area contributed by atoms with Crippen molar-refractivity contribution in [1.29, 1.82) is 0 Å². The molecule has 0 saturated carbocycles. The number of aliphatic hydroxyl groups is 1. The van der Waals surface area contributed by atoms with E-state index in [2.05, 4.69) is 0 Å². The van der Waals surface area contributed by atoms with Crippen molar-refractivity contribution in [2.45, 2.75) is 33.7 Å². The zero-order valence-electron chi connectivity index (χ0n) is 22.1. The van der Waals surface area contributed by atoms with Crippen LogP contribution < -0.4 is 9.64 Å². The lowest BCUT2D eigenvalue weighted by atomic mass is 9.93. The number of nitrogens with zero attached hydrogens (tertiary/aromatic N) is 1. The second-order valence-corrected chi connectivity index (χ2v) is 9.81. The molecule has 0 bridgehead atoms. The number of carbonyl (C=O) groups is 3. The SMILES string of the molecule is COc1ccc(/C(O)=C2/C(=O)C(=O)N(c3ccc(C(=O)OCC(C)C)cc3)C2c2cccc(C)c2)cc1C. The van der Waals surface area contributed by atoms with Gasteiger partial charge >= 0.3 is 5.97 Å². The molecular weight excluding hydrogens is 482 g/mol. The van der Waals surface area contributed by atoms with Crippen LogP contribution in [-0.2, 0) is 14.3 Å². The normalized spacial score (nSPS) is 16.7. The Bertz CT molecular complexity index is 1420. The minimum Gasteiger partial charge on any atom is -0.507 e. The van der Waals surface area contributed by atoms with Crippen LogP contribution >= 0.6 is 0 Å². The predicted octanol–water partition coefficient (Wildman–Crippen LogP) is 5.75. The first kappa shape index (κ1) is 26.7. The third-order valence-electron chi connectivity index (χ3n) is 6.40. The number of carbonyl (C=O) groups excluding carboxylic acids is 3. The summed E-state index contributed by atoms with van der Waals surface area (Å²) in [5.41, 5.74) is 3.55. The Morgan fingerprint density at radius 3 is 2.26 bits per heavy atom. The highest BCUT2D eigenvalue weighted by molar-refractivity contribution is 6.51. The summed E-state index contributed by atoms with van der Waals surface area (Å²) in [6.07, 6.45) is 0. The molecule has 3 aromatic rings. The minimum absolute atomic E-state index is 0.00872. The number of aliphatic hydroxyl groups excluding tert-OH is 1. The van der Waals surface area contributed by atoms with Crippen molar-refractivity contribution in [3.05, 3.63) is 100 Å². The average Bonchev–Trinajstić information content (AvgIpc) is 3.17. The van der Waals surface area contributed by atoms with Crippen molar-refractivity contribution < 1.29 is 29.0 Å². The van der Waals surface area contributed by atoms with E-state index < -0.39 is 23.7 Å². The van der Waals surface area contributed by atoms with Gasteiger partial charge in [-0.2, -0.15) is 0 Å². The fraction of sp³-hybridized carbons (Fsp3) is 0.258. The van der Waals surface area contributed by atoms with Crippen LogP contribution in [0, 0.1) is 19.8 Å². The van der Waals surface area contributed by atoms with Gasteiger partial charge in [0.25, 0.3) is 11.7 Å². The Kier molecular flexibility index (Phi) is 7.67. The highest BCUT2D eigenvalue weighted by Gasteiger charge is 2.47. The van der Waals surface area contributed by atoms with E-state index in [1.807, 2.05) is 52.0 Å². The summed E-state index contributed by atoms with van der Waals surface area (Å²) in [6.45, 7) is 7.95. The first-order valence-electron chi connectivity index (χ1n) is 12.4. The molecule has 1 aliphatic rings. The summed E-state index contributed by atoms with van der Waals surface area (Å²) < 4.78 is 10.6. The van der Waals surface area contributed by atoms with E-state index in [-0.39, 0.29) is 17.3 Å². The lowest BCUT2D eigenvalue weighted by Gasteiger charge is -2.26. The van der Waals surface area contributed by atoms with E-state index in [1.54, 1.807) is 49.6 Å². The maximum atomic E-state index is 13.4. The van der Waals surface area contributed by atoms with Crippen LogP contribution in [0.2, 0.25) is 0 Å². The first-order valence-corrected chi connectivity index (χ1v) is 12.4. The fourth-order valence-corrected chi connectivity index (χ4v) is 4.52. The van der Waals surface area contributed by atoms with Crippen molar-refractivity contribution in [1.82, 2.24) is 0 Å². The number of esters is 1. The quantitative estimate of drug-likeness (QED) is 0.187. The topological polar surface area (TPSA) is 93.1 Å². The van der Waals surface area contributed by atoms with Gasteiger partial charge in [0.15, 0.2) is 0 Å². The summed E-state index contributed by atoms with van der Waals surface area (Å²) in [5, 5.41) is 11.4. The van der Waals surface area contributed by atoms with E-state index in [0.29, 0.717) is 34.7 Å². The highest BCUT2D eigenvalue weighted by Crippen LogP contribution is 2.42. The molecular formula is C31H31NO6. The molecule has 7 nitrogen and oxygen atoms in total. The molecule has 0 radical (unpaired) electrons. The number of rotatable bonds is 7. The highest BCUT2D eigenvalue weighted by atomic mass is 16.5. The zero-order valence-corrected chi connectivity index (χ0v) is 22.1. The molecule has 38 heavy (non-hydrogen) atoms. The molecule has 1 N–H and O–H groups in total. The third-order valence-corrected chi connectivity index (χ3v) is 6.40. The Balaban J connectivity index is 1.81. The van der Waals surface area contributed by atoms with Crippen LogP contribution in [0.15, 0.2) is 72.3 Å². The number of methoxy groups -OCH3 is 1. The Morgan fingerprint density at radius 1 is 0.974 bits per heavy atom. The number of ketones is 1. The van der Waals surface area contributed by atoms with Gasteiger partial charge in [0.05, 0.1) is 30.9 Å². The largest absolute Gasteiger partial charge is 0.507 e. The first-order chi connectivity index (χ1) is 18.1. The number of hydrogen-bond acceptors (Lipinski definition) is 6. The van der Waals surface area contributed by atoms with Gasteiger partial charge in [0.1, 0.15) is 11.5 Å². The van der Waals surface area contributed by atoms with Crippen molar-refractivity contribution in [3.63, 3.8) is 0 Å². The van der Waals surface area contributed by atoms with Crippen LogP contribution in [-0.4, -0.2) is 36.5 Å². The van der Waals surface area contributed by atoms with Gasteiger partial charge in [0, 0.05) is 11.3 Å². The van der Waals surface area contributed by atoms with Gasteiger partial charge in [0.2, 0.25) is 0 Å². The summed E-state index contributed by atoms with van der Waals surface area (Å²) in [6, 6.07) is 18.0. The summed E-state index contributed by atoms with van der Waals surface area (Å²) in [5.74, 6) is -1.44. The molecule has 196 valence electrons. The second kappa shape index (κ2) is 10.9. The van der Waals surface area contributed by atoms with E-state index >= 15 is 0 Å². The number of Topliss-reactive ketones (excluding diaryl/α,β-unsaturated/α-hetero) is 1. The number of benzene rings is 3. The Hall–Kier alpha value is -4.39. The van der Waals surface area contributed by atoms with Crippen molar-refractivity contribution >= 4 is 29.1 Å². The number of amides is 1. The monoisotopic (exact) mass is 513 g/mol. The molecule has 3 aromatic carbocycles. The fourth-order valence-electron chi connectivity index (χ4n) is 4.52. The van der Waals surface area contributed by atoms with Gasteiger partial charge in [-0.05, 0) is 73.4 Å². The van der Waals surface area contributed by atoms with Crippen LogP contribution in [0.3, 0.4) is 0 Å². The van der Waals surface area contributed by atoms with E-state index in [1.165, 1.54) is 4.90 Å².